The van der Waals surface area contributed by atoms with Gasteiger partial charge in [-0.25, -0.2) is 0 Å². The maximum atomic E-state index is 8.73. The van der Waals surface area contributed by atoms with Gasteiger partial charge in [0.15, 0.2) is 0 Å². The second kappa shape index (κ2) is 10.6. The number of rotatable bonds is 0. The van der Waals surface area contributed by atoms with E-state index in [0.29, 0.717) is 4.64 Å². The third-order valence-electron chi connectivity index (χ3n) is 0.803. The van der Waals surface area contributed by atoms with Gasteiger partial charge in [0.25, 0.3) is 0 Å². The van der Waals surface area contributed by atoms with Gasteiger partial charge in [-0.15, -0.1) is 24.0 Å². The van der Waals surface area contributed by atoms with Crippen molar-refractivity contribution >= 4 is 36.2 Å². The molecular weight excluding hydrogens is 311 g/mol. The molecule has 0 radical (unpaired) electrons. The zero-order valence-corrected chi connectivity index (χ0v) is 14.8. The van der Waals surface area contributed by atoms with Gasteiger partial charge in [0.2, 0.25) is 0 Å². The minimum absolute atomic E-state index is 0. The molecule has 0 unspecified atom stereocenters. The molecule has 0 amide bonds. The van der Waals surface area contributed by atoms with Crippen molar-refractivity contribution in [2.75, 3.05) is 0 Å². The number of aromatic nitrogens is 1. The van der Waals surface area contributed by atoms with Crippen LogP contribution >= 0.6 is 36.2 Å². The van der Waals surface area contributed by atoms with Crippen molar-refractivity contribution < 1.29 is 89.0 Å². The summed E-state index contributed by atoms with van der Waals surface area (Å²) < 4.78 is 1.32. The molecule has 2 nitrogen and oxygen atoms in total. The smallest absolute Gasteiger partial charge is 1.00 e. The molecule has 54 valence electrons. The van der Waals surface area contributed by atoms with Gasteiger partial charge in [-0.1, -0.05) is 18.3 Å². The van der Waals surface area contributed by atoms with Crippen LogP contribution in [0.15, 0.2) is 24.4 Å². The van der Waals surface area contributed by atoms with E-state index in [2.05, 4.69) is 12.2 Å². The average Bonchev–Trinajstić information content (AvgIpc) is 1.77. The maximum Gasteiger partial charge on any atom is 1.00 e. The quantitative estimate of drug-likeness (QED) is 0.231. The molecule has 0 bridgehead atoms. The SMILES string of the molecule is I.On1ccccc1=S.[H-].[H-].[K+].[Na+]. The Labute approximate surface area is 155 Å². The third kappa shape index (κ3) is 7.60. The first-order chi connectivity index (χ1) is 3.80. The van der Waals surface area contributed by atoms with Crippen LogP contribution in [0, 0.1) is 4.64 Å². The molecular formula is C5H8IKNNaOS. The summed E-state index contributed by atoms with van der Waals surface area (Å²) >= 11 is 4.67. The van der Waals surface area contributed by atoms with Gasteiger partial charge in [-0.3, -0.25) is 0 Å². The van der Waals surface area contributed by atoms with Crippen LogP contribution in [0.3, 0.4) is 0 Å². The molecule has 0 spiro atoms. The van der Waals surface area contributed by atoms with E-state index in [0.717, 1.165) is 4.73 Å². The summed E-state index contributed by atoms with van der Waals surface area (Å²) in [6.07, 6.45) is 1.49. The Morgan fingerprint density at radius 1 is 1.45 bits per heavy atom. The molecule has 0 atom stereocenters. The maximum absolute atomic E-state index is 8.73. The number of hydrogen-bond acceptors (Lipinski definition) is 2. The molecule has 0 aromatic carbocycles. The monoisotopic (exact) mass is 319 g/mol. The van der Waals surface area contributed by atoms with Crippen LogP contribution in [0.1, 0.15) is 2.85 Å². The van der Waals surface area contributed by atoms with Gasteiger partial charge in [-0.2, -0.15) is 4.73 Å². The first kappa shape index (κ1) is 19.2. The number of pyridine rings is 1. The van der Waals surface area contributed by atoms with Gasteiger partial charge in [0, 0.05) is 6.20 Å². The number of hydrogen-bond donors (Lipinski definition) is 1. The van der Waals surface area contributed by atoms with E-state index in [1.807, 2.05) is 0 Å². The van der Waals surface area contributed by atoms with Crippen LogP contribution < -0.4 is 80.9 Å². The predicted octanol–water partition coefficient (Wildman–Crippen LogP) is -3.69. The fraction of sp³-hybridized carbons (Fsp3) is 0. The first-order valence-electron chi connectivity index (χ1n) is 2.17. The molecule has 0 fully saturated rings. The van der Waals surface area contributed by atoms with Crippen LogP contribution in [0.4, 0.5) is 0 Å². The van der Waals surface area contributed by atoms with Crippen molar-refractivity contribution in [2.24, 2.45) is 0 Å². The van der Waals surface area contributed by atoms with Crippen LogP contribution in [0.2, 0.25) is 0 Å². The van der Waals surface area contributed by atoms with Crippen molar-refractivity contribution in [3.05, 3.63) is 29.0 Å². The van der Waals surface area contributed by atoms with Crippen molar-refractivity contribution in [1.82, 2.24) is 4.73 Å². The molecule has 1 heterocycles. The van der Waals surface area contributed by atoms with E-state index in [1.54, 1.807) is 18.2 Å². The van der Waals surface area contributed by atoms with Gasteiger partial charge >= 0.3 is 80.9 Å². The summed E-state index contributed by atoms with van der Waals surface area (Å²) in [5.41, 5.74) is 0. The minimum Gasteiger partial charge on any atom is -1.00 e. The molecule has 0 saturated carbocycles. The Hall–Kier alpha value is 2.54. The molecule has 1 rings (SSSR count). The minimum atomic E-state index is 0. The summed E-state index contributed by atoms with van der Waals surface area (Å²) in [6, 6.07) is 5.13. The molecule has 6 heteroatoms. The van der Waals surface area contributed by atoms with Gasteiger partial charge < -0.3 is 8.06 Å². The van der Waals surface area contributed by atoms with E-state index in [1.165, 1.54) is 6.20 Å². The Morgan fingerprint density at radius 2 is 2.00 bits per heavy atom. The largest absolute Gasteiger partial charge is 1.00 e. The van der Waals surface area contributed by atoms with Gasteiger partial charge in [0.05, 0.1) is 0 Å². The van der Waals surface area contributed by atoms with E-state index < -0.39 is 0 Å². The van der Waals surface area contributed by atoms with Crippen LogP contribution in [0.5, 0.6) is 0 Å². The summed E-state index contributed by atoms with van der Waals surface area (Å²) in [5, 5.41) is 8.73. The molecule has 0 saturated heterocycles. The van der Waals surface area contributed by atoms with Gasteiger partial charge in [-0.05, 0) is 12.1 Å². The first-order valence-corrected chi connectivity index (χ1v) is 2.58. The van der Waals surface area contributed by atoms with Crippen LogP contribution in [0.25, 0.3) is 0 Å². The molecule has 0 aliphatic rings. The topological polar surface area (TPSA) is 25.2 Å². The van der Waals surface area contributed by atoms with E-state index in [9.17, 15) is 0 Å². The summed E-state index contributed by atoms with van der Waals surface area (Å²) in [6.45, 7) is 0. The summed E-state index contributed by atoms with van der Waals surface area (Å²) in [4.78, 5) is 0. The summed E-state index contributed by atoms with van der Waals surface area (Å²) in [5.74, 6) is 0. The number of nitrogens with zero attached hydrogens (tertiary/aromatic N) is 1. The Kier molecular flexibility index (Phi) is 18.5. The van der Waals surface area contributed by atoms with Crippen molar-refractivity contribution in [2.45, 2.75) is 0 Å². The fourth-order valence-electron chi connectivity index (χ4n) is 0.419. The van der Waals surface area contributed by atoms with E-state index in [-0.39, 0.29) is 108 Å². The van der Waals surface area contributed by atoms with Crippen LogP contribution in [-0.2, 0) is 0 Å². The average molecular weight is 319 g/mol. The molecule has 1 aromatic rings. The standard InChI is InChI=1S/C5H5NOS.HI.K.Na.2H/c7-6-4-2-1-3-5(6)8;;;;;/h1-4,7H;1H;;;;/q;;2*+1;2*-1. The predicted molar refractivity (Wildman–Crippen MR) is 50.1 cm³/mol. The molecule has 11 heavy (non-hydrogen) atoms. The fourth-order valence-corrected chi connectivity index (χ4v) is 0.558. The van der Waals surface area contributed by atoms with Crippen molar-refractivity contribution in [3.63, 3.8) is 0 Å². The summed E-state index contributed by atoms with van der Waals surface area (Å²) in [7, 11) is 0. The Balaban J connectivity index is -0.0000000427. The third-order valence-corrected chi connectivity index (χ3v) is 1.13. The second-order valence-electron chi connectivity index (χ2n) is 1.38. The zero-order chi connectivity index (χ0) is 5.98. The normalized spacial score (nSPS) is 6.55. The Bertz CT molecular complexity index is 252. The van der Waals surface area contributed by atoms with Gasteiger partial charge in [0.1, 0.15) is 4.64 Å². The van der Waals surface area contributed by atoms with E-state index in [4.69, 9.17) is 5.21 Å². The molecule has 1 aromatic heterocycles. The molecule has 0 aliphatic heterocycles. The van der Waals surface area contributed by atoms with E-state index >= 15 is 0 Å². The molecule has 0 aliphatic carbocycles. The Morgan fingerprint density at radius 3 is 2.27 bits per heavy atom. The zero-order valence-electron chi connectivity index (χ0n) is 8.52. The second-order valence-corrected chi connectivity index (χ2v) is 1.80. The van der Waals surface area contributed by atoms with Crippen molar-refractivity contribution in [1.29, 1.82) is 0 Å². The number of halogens is 1. The van der Waals surface area contributed by atoms with Crippen molar-refractivity contribution in [3.8, 4) is 0 Å². The van der Waals surface area contributed by atoms with Crippen LogP contribution in [-0.4, -0.2) is 9.94 Å². The molecule has 1 N–H and O–H groups in total.